The molecule has 1 saturated heterocycles. The van der Waals surface area contributed by atoms with Crippen LogP contribution in [0.25, 0.3) is 0 Å². The number of carbonyl (C=O) groups excluding carboxylic acids is 1. The summed E-state index contributed by atoms with van der Waals surface area (Å²) in [5, 5.41) is 2.94. The molecule has 50 valence electrons. The van der Waals surface area contributed by atoms with Crippen LogP contribution in [0.5, 0.6) is 0 Å². The minimum Gasteiger partial charge on any atom is -0.353 e. The van der Waals surface area contributed by atoms with Gasteiger partial charge in [0, 0.05) is 12.0 Å². The van der Waals surface area contributed by atoms with E-state index in [1.54, 1.807) is 0 Å². The number of fused-ring (bicyclic) bond motifs is 2. The fourth-order valence-electron chi connectivity index (χ4n) is 2.04. The molecule has 1 saturated carbocycles. The lowest BCUT2D eigenvalue weighted by atomic mass is 9.97. The molecule has 2 bridgehead atoms. The highest BCUT2D eigenvalue weighted by Crippen LogP contribution is 2.36. The van der Waals surface area contributed by atoms with E-state index < -0.39 is 0 Å². The fraction of sp³-hybridized carbons (Fsp3) is 0.857. The largest absolute Gasteiger partial charge is 0.353 e. The molecule has 0 unspecified atom stereocenters. The van der Waals surface area contributed by atoms with Gasteiger partial charge in [0.05, 0.1) is 0 Å². The molecule has 0 radical (unpaired) electrons. The Hall–Kier alpha value is -0.530. The molecule has 1 heterocycles. The summed E-state index contributed by atoms with van der Waals surface area (Å²) in [5.74, 6) is 1.29. The predicted molar refractivity (Wildman–Crippen MR) is 33.8 cm³/mol. The molecule has 2 fully saturated rings. The zero-order chi connectivity index (χ0) is 6.43. The van der Waals surface area contributed by atoms with Crippen LogP contribution < -0.4 is 5.32 Å². The molecular weight excluding hydrogens is 114 g/mol. The van der Waals surface area contributed by atoms with E-state index in [2.05, 4.69) is 12.2 Å². The molecule has 0 spiro atoms. The van der Waals surface area contributed by atoms with Crippen LogP contribution in [0.3, 0.4) is 0 Å². The van der Waals surface area contributed by atoms with Gasteiger partial charge in [0.2, 0.25) is 5.91 Å². The molecule has 1 N–H and O–H groups in total. The minimum absolute atomic E-state index is 0.291. The number of hydrogen-bond donors (Lipinski definition) is 1. The van der Waals surface area contributed by atoms with E-state index in [0.717, 1.165) is 6.42 Å². The molecule has 9 heavy (non-hydrogen) atoms. The molecule has 0 aromatic carbocycles. The van der Waals surface area contributed by atoms with Gasteiger partial charge >= 0.3 is 0 Å². The van der Waals surface area contributed by atoms with Crippen LogP contribution in [-0.2, 0) is 4.79 Å². The van der Waals surface area contributed by atoms with Crippen molar-refractivity contribution in [3.63, 3.8) is 0 Å². The lowest BCUT2D eigenvalue weighted by Crippen LogP contribution is -2.34. The first kappa shape index (κ1) is 5.27. The van der Waals surface area contributed by atoms with E-state index in [1.807, 2.05) is 0 Å². The molecule has 2 rings (SSSR count). The van der Waals surface area contributed by atoms with Crippen LogP contribution in [0.2, 0.25) is 0 Å². The van der Waals surface area contributed by atoms with Gasteiger partial charge in [0.15, 0.2) is 0 Å². The number of rotatable bonds is 0. The lowest BCUT2D eigenvalue weighted by Gasteiger charge is -2.16. The first-order chi connectivity index (χ1) is 4.27. The first-order valence-corrected chi connectivity index (χ1v) is 3.58. The summed E-state index contributed by atoms with van der Waals surface area (Å²) in [7, 11) is 0. The van der Waals surface area contributed by atoms with Gasteiger partial charge in [-0.15, -0.1) is 0 Å². The van der Waals surface area contributed by atoms with Crippen LogP contribution in [-0.4, -0.2) is 11.9 Å². The van der Waals surface area contributed by atoms with Gasteiger partial charge in [-0.2, -0.15) is 0 Å². The third-order valence-corrected chi connectivity index (χ3v) is 2.56. The molecular formula is C7H11NO. The summed E-state index contributed by atoms with van der Waals surface area (Å²) < 4.78 is 0. The highest BCUT2D eigenvalue weighted by atomic mass is 16.2. The highest BCUT2D eigenvalue weighted by molar-refractivity contribution is 5.82. The highest BCUT2D eigenvalue weighted by Gasteiger charge is 2.42. The molecule has 0 aromatic heterocycles. The number of amides is 1. The van der Waals surface area contributed by atoms with Crippen LogP contribution in [0, 0.1) is 11.8 Å². The molecule has 3 atom stereocenters. The van der Waals surface area contributed by atoms with E-state index in [0.29, 0.717) is 23.8 Å². The van der Waals surface area contributed by atoms with E-state index >= 15 is 0 Å². The van der Waals surface area contributed by atoms with Crippen LogP contribution in [0.15, 0.2) is 0 Å². The van der Waals surface area contributed by atoms with Crippen molar-refractivity contribution in [3.05, 3.63) is 0 Å². The summed E-state index contributed by atoms with van der Waals surface area (Å²) in [5.41, 5.74) is 0. The molecule has 0 aromatic rings. The minimum atomic E-state index is 0.291. The van der Waals surface area contributed by atoms with Crippen LogP contribution in [0.4, 0.5) is 0 Å². The van der Waals surface area contributed by atoms with Crippen molar-refractivity contribution in [2.45, 2.75) is 25.8 Å². The number of nitrogens with one attached hydrogen (secondary N) is 1. The fourth-order valence-corrected chi connectivity index (χ4v) is 2.04. The van der Waals surface area contributed by atoms with E-state index in [1.165, 1.54) is 6.42 Å². The van der Waals surface area contributed by atoms with Crippen molar-refractivity contribution < 1.29 is 4.79 Å². The van der Waals surface area contributed by atoms with Crippen molar-refractivity contribution in [2.75, 3.05) is 0 Å². The molecule has 1 aliphatic carbocycles. The second-order valence-electron chi connectivity index (χ2n) is 3.26. The number of carbonyl (C=O) groups is 1. The monoisotopic (exact) mass is 125 g/mol. The lowest BCUT2D eigenvalue weighted by molar-refractivity contribution is -0.124. The van der Waals surface area contributed by atoms with E-state index in [4.69, 9.17) is 0 Å². The van der Waals surface area contributed by atoms with Crippen LogP contribution in [0.1, 0.15) is 19.8 Å². The molecule has 1 amide bonds. The third kappa shape index (κ3) is 0.590. The Kier molecular flexibility index (Phi) is 0.875. The van der Waals surface area contributed by atoms with Crippen molar-refractivity contribution in [2.24, 2.45) is 11.8 Å². The van der Waals surface area contributed by atoms with Crippen molar-refractivity contribution >= 4 is 5.91 Å². The number of hydrogen-bond acceptors (Lipinski definition) is 1. The van der Waals surface area contributed by atoms with Gasteiger partial charge in [0.25, 0.3) is 0 Å². The summed E-state index contributed by atoms with van der Waals surface area (Å²) in [6, 6.07) is 0.525. The van der Waals surface area contributed by atoms with Gasteiger partial charge in [-0.05, 0) is 18.8 Å². The Morgan fingerprint density at radius 3 is 2.67 bits per heavy atom. The maximum atomic E-state index is 10.9. The molecule has 1 aliphatic heterocycles. The maximum Gasteiger partial charge on any atom is 0.223 e. The summed E-state index contributed by atoms with van der Waals surface area (Å²) in [6.45, 7) is 2.17. The molecule has 2 nitrogen and oxygen atoms in total. The maximum absolute atomic E-state index is 10.9. The van der Waals surface area contributed by atoms with E-state index in [9.17, 15) is 4.79 Å². The average Bonchev–Trinajstić information content (AvgIpc) is 2.22. The van der Waals surface area contributed by atoms with Gasteiger partial charge < -0.3 is 5.32 Å². The second-order valence-corrected chi connectivity index (χ2v) is 3.26. The van der Waals surface area contributed by atoms with Crippen molar-refractivity contribution in [3.8, 4) is 0 Å². The standard InChI is InChI=1S/C7H11NO/c1-4-2-5-3-6(4)7(9)8-5/h4-6H,2-3H2,1H3,(H,8,9)/t4-,5-,6-/m1/s1. The third-order valence-electron chi connectivity index (χ3n) is 2.56. The Morgan fingerprint density at radius 1 is 1.56 bits per heavy atom. The SMILES string of the molecule is C[C@@H]1C[C@@H]2C[C@H]1C(=O)N2. The summed E-state index contributed by atoms with van der Waals surface area (Å²) >= 11 is 0. The first-order valence-electron chi connectivity index (χ1n) is 3.58. The quantitative estimate of drug-likeness (QED) is 0.502. The van der Waals surface area contributed by atoms with Crippen molar-refractivity contribution in [1.29, 1.82) is 0 Å². The van der Waals surface area contributed by atoms with Gasteiger partial charge in [0.1, 0.15) is 0 Å². The Labute approximate surface area is 54.6 Å². The van der Waals surface area contributed by atoms with Crippen molar-refractivity contribution in [1.82, 2.24) is 5.32 Å². The normalized spacial score (nSPS) is 47.7. The molecule has 2 heteroatoms. The Morgan fingerprint density at radius 2 is 2.33 bits per heavy atom. The second kappa shape index (κ2) is 1.49. The average molecular weight is 125 g/mol. The topological polar surface area (TPSA) is 29.1 Å². The summed E-state index contributed by atoms with van der Waals surface area (Å²) in [6.07, 6.45) is 2.30. The Balaban J connectivity index is 2.21. The smallest absolute Gasteiger partial charge is 0.223 e. The van der Waals surface area contributed by atoms with Gasteiger partial charge in [-0.1, -0.05) is 6.92 Å². The zero-order valence-corrected chi connectivity index (χ0v) is 5.55. The van der Waals surface area contributed by atoms with Gasteiger partial charge in [-0.25, -0.2) is 0 Å². The van der Waals surface area contributed by atoms with Crippen LogP contribution >= 0.6 is 0 Å². The van der Waals surface area contributed by atoms with Gasteiger partial charge in [-0.3, -0.25) is 4.79 Å². The van der Waals surface area contributed by atoms with E-state index in [-0.39, 0.29) is 0 Å². The summed E-state index contributed by atoms with van der Waals surface area (Å²) in [4.78, 5) is 10.9. The molecule has 2 aliphatic rings. The Bertz CT molecular complexity index is 155. The predicted octanol–water partition coefficient (Wildman–Crippen LogP) is 0.531. The number of piperidine rings is 1. The zero-order valence-electron chi connectivity index (χ0n) is 5.55.